The van der Waals surface area contributed by atoms with Gasteiger partial charge in [0, 0.05) is 0 Å². The number of rotatable bonds is 2. The van der Waals surface area contributed by atoms with Crippen molar-refractivity contribution < 1.29 is 14.1 Å². The molecule has 0 N–H and O–H groups in total. The van der Waals surface area contributed by atoms with Crippen LogP contribution in [-0.2, 0) is 4.79 Å². The molecule has 0 atom stereocenters. The molecule has 1 aromatic rings. The summed E-state index contributed by atoms with van der Waals surface area (Å²) in [6.45, 7) is 0. The second-order valence-electron chi connectivity index (χ2n) is 2.07. The standard InChI is InChI=1S/C7H3FN2O3/c8-5-2-1-3-6(9-4-11)7(5)10(12)13/h1-3H. The fourth-order valence-electron chi connectivity index (χ4n) is 0.824. The average Bonchev–Trinajstić information content (AvgIpc) is 2.04. The van der Waals surface area contributed by atoms with E-state index >= 15 is 0 Å². The van der Waals surface area contributed by atoms with E-state index in [2.05, 4.69) is 4.99 Å². The Morgan fingerprint density at radius 2 is 2.23 bits per heavy atom. The van der Waals surface area contributed by atoms with Crippen molar-refractivity contribution in [1.29, 1.82) is 0 Å². The number of hydrogen-bond acceptors (Lipinski definition) is 4. The second-order valence-corrected chi connectivity index (χ2v) is 2.07. The Morgan fingerprint density at radius 1 is 1.54 bits per heavy atom. The third-order valence-corrected chi connectivity index (χ3v) is 1.31. The van der Waals surface area contributed by atoms with E-state index in [0.717, 1.165) is 18.2 Å². The van der Waals surface area contributed by atoms with Gasteiger partial charge in [0.05, 0.1) is 4.92 Å². The van der Waals surface area contributed by atoms with Crippen molar-refractivity contribution >= 4 is 17.5 Å². The van der Waals surface area contributed by atoms with Crippen LogP contribution in [0.2, 0.25) is 0 Å². The van der Waals surface area contributed by atoms with Crippen LogP contribution in [0.15, 0.2) is 23.2 Å². The highest BCUT2D eigenvalue weighted by Crippen LogP contribution is 2.28. The Balaban J connectivity index is 3.42. The summed E-state index contributed by atoms with van der Waals surface area (Å²) >= 11 is 0. The maximum Gasteiger partial charge on any atom is 0.331 e. The maximum atomic E-state index is 12.8. The fourth-order valence-corrected chi connectivity index (χ4v) is 0.824. The van der Waals surface area contributed by atoms with Crippen molar-refractivity contribution in [2.45, 2.75) is 0 Å². The van der Waals surface area contributed by atoms with E-state index in [1.807, 2.05) is 0 Å². The molecule has 66 valence electrons. The Bertz CT molecular complexity index is 399. The van der Waals surface area contributed by atoms with E-state index in [9.17, 15) is 19.3 Å². The topological polar surface area (TPSA) is 72.6 Å². The number of halogens is 1. The molecule has 0 bridgehead atoms. The van der Waals surface area contributed by atoms with Crippen LogP contribution >= 0.6 is 0 Å². The third kappa shape index (κ3) is 1.74. The Kier molecular flexibility index (Phi) is 2.47. The molecule has 13 heavy (non-hydrogen) atoms. The molecule has 1 aromatic carbocycles. The van der Waals surface area contributed by atoms with Crippen LogP contribution in [0.4, 0.5) is 15.8 Å². The summed E-state index contributed by atoms with van der Waals surface area (Å²) in [6, 6.07) is 3.30. The number of aliphatic imine (C=N–C) groups is 1. The number of hydrogen-bond donors (Lipinski definition) is 0. The number of carbonyl (C=O) groups excluding carboxylic acids is 1. The SMILES string of the molecule is O=C=Nc1cccc(F)c1[N+](=O)[O-]. The molecule has 0 unspecified atom stereocenters. The van der Waals surface area contributed by atoms with Gasteiger partial charge in [-0.3, -0.25) is 10.1 Å². The van der Waals surface area contributed by atoms with Gasteiger partial charge in [0.1, 0.15) is 0 Å². The van der Waals surface area contributed by atoms with Gasteiger partial charge in [0.15, 0.2) is 5.69 Å². The van der Waals surface area contributed by atoms with Gasteiger partial charge in [-0.05, 0) is 12.1 Å². The highest BCUT2D eigenvalue weighted by Gasteiger charge is 2.18. The van der Waals surface area contributed by atoms with E-state index in [4.69, 9.17) is 0 Å². The molecule has 0 saturated carbocycles. The number of isocyanates is 1. The van der Waals surface area contributed by atoms with Crippen molar-refractivity contribution in [3.8, 4) is 0 Å². The molecule has 0 amide bonds. The van der Waals surface area contributed by atoms with E-state index < -0.39 is 16.4 Å². The van der Waals surface area contributed by atoms with Crippen molar-refractivity contribution in [2.24, 2.45) is 4.99 Å². The molecule has 0 aliphatic heterocycles. The lowest BCUT2D eigenvalue weighted by Crippen LogP contribution is -1.92. The average molecular weight is 182 g/mol. The molecule has 5 nitrogen and oxygen atoms in total. The molecule has 6 heteroatoms. The molecule has 0 aliphatic carbocycles. The predicted molar refractivity (Wildman–Crippen MR) is 40.8 cm³/mol. The van der Waals surface area contributed by atoms with Crippen LogP contribution < -0.4 is 0 Å². The van der Waals surface area contributed by atoms with E-state index in [-0.39, 0.29) is 5.69 Å². The van der Waals surface area contributed by atoms with Crippen molar-refractivity contribution in [2.75, 3.05) is 0 Å². The first kappa shape index (κ1) is 9.02. The van der Waals surface area contributed by atoms with Gasteiger partial charge in [-0.2, -0.15) is 9.38 Å². The first-order valence-corrected chi connectivity index (χ1v) is 3.17. The first-order valence-electron chi connectivity index (χ1n) is 3.17. The highest BCUT2D eigenvalue weighted by atomic mass is 19.1. The molecule has 0 spiro atoms. The van der Waals surface area contributed by atoms with Crippen LogP contribution in [0, 0.1) is 15.9 Å². The lowest BCUT2D eigenvalue weighted by Gasteiger charge is -1.94. The number of nitrogens with zero attached hydrogens (tertiary/aromatic N) is 2. The van der Waals surface area contributed by atoms with E-state index in [0.29, 0.717) is 0 Å². The minimum atomic E-state index is -1.03. The smallest absolute Gasteiger partial charge is 0.258 e. The Labute approximate surface area is 71.7 Å². The molecular weight excluding hydrogens is 179 g/mol. The zero-order valence-electron chi connectivity index (χ0n) is 6.23. The summed E-state index contributed by atoms with van der Waals surface area (Å²) < 4.78 is 12.8. The molecule has 0 heterocycles. The van der Waals surface area contributed by atoms with Crippen LogP contribution in [0.3, 0.4) is 0 Å². The van der Waals surface area contributed by atoms with Crippen molar-refractivity contribution in [3.63, 3.8) is 0 Å². The van der Waals surface area contributed by atoms with Crippen LogP contribution in [0.5, 0.6) is 0 Å². The zero-order chi connectivity index (χ0) is 9.84. The quantitative estimate of drug-likeness (QED) is 0.302. The Morgan fingerprint density at radius 3 is 2.77 bits per heavy atom. The highest BCUT2D eigenvalue weighted by molar-refractivity contribution is 5.62. The first-order chi connectivity index (χ1) is 6.16. The van der Waals surface area contributed by atoms with Crippen molar-refractivity contribution in [1.82, 2.24) is 0 Å². The molecule has 0 fully saturated rings. The van der Waals surface area contributed by atoms with E-state index in [1.54, 1.807) is 0 Å². The van der Waals surface area contributed by atoms with Gasteiger partial charge in [0.2, 0.25) is 11.9 Å². The molecular formula is C7H3FN2O3. The third-order valence-electron chi connectivity index (χ3n) is 1.31. The summed E-state index contributed by atoms with van der Waals surface area (Å²) in [5.41, 5.74) is -1.15. The van der Waals surface area contributed by atoms with Gasteiger partial charge in [-0.1, -0.05) is 6.07 Å². The van der Waals surface area contributed by atoms with Gasteiger partial charge in [-0.25, -0.2) is 4.79 Å². The van der Waals surface area contributed by atoms with Gasteiger partial charge in [-0.15, -0.1) is 0 Å². The summed E-state index contributed by atoms with van der Waals surface area (Å²) in [5, 5.41) is 10.3. The summed E-state index contributed by atoms with van der Waals surface area (Å²) in [6.07, 6.45) is 1.11. The van der Waals surface area contributed by atoms with Gasteiger partial charge >= 0.3 is 5.69 Å². The maximum absolute atomic E-state index is 12.8. The summed E-state index contributed by atoms with van der Waals surface area (Å²) in [5.74, 6) is -1.03. The van der Waals surface area contributed by atoms with Gasteiger partial charge < -0.3 is 0 Å². The summed E-state index contributed by atoms with van der Waals surface area (Å²) in [4.78, 5) is 22.2. The predicted octanol–water partition coefficient (Wildman–Crippen LogP) is 1.70. The van der Waals surface area contributed by atoms with Crippen molar-refractivity contribution in [3.05, 3.63) is 34.1 Å². The number of para-hydroxylation sites is 1. The fraction of sp³-hybridized carbons (Fsp3) is 0. The normalized spacial score (nSPS) is 9.00. The lowest BCUT2D eigenvalue weighted by molar-refractivity contribution is -0.386. The van der Waals surface area contributed by atoms with Crippen LogP contribution in [0.25, 0.3) is 0 Å². The molecule has 0 radical (unpaired) electrons. The molecule has 0 aliphatic rings. The largest absolute Gasteiger partial charge is 0.331 e. The monoisotopic (exact) mass is 182 g/mol. The van der Waals surface area contributed by atoms with Crippen LogP contribution in [-0.4, -0.2) is 11.0 Å². The molecule has 1 rings (SSSR count). The number of nitro benzene ring substituents is 1. The minimum absolute atomic E-state index is 0.333. The molecule has 0 aromatic heterocycles. The van der Waals surface area contributed by atoms with E-state index in [1.165, 1.54) is 6.07 Å². The van der Waals surface area contributed by atoms with Crippen LogP contribution in [0.1, 0.15) is 0 Å². The zero-order valence-corrected chi connectivity index (χ0v) is 6.23. The second kappa shape index (κ2) is 3.55. The van der Waals surface area contributed by atoms with Gasteiger partial charge in [0.25, 0.3) is 0 Å². The lowest BCUT2D eigenvalue weighted by atomic mass is 10.2. The minimum Gasteiger partial charge on any atom is -0.258 e. The Hall–Kier alpha value is -2.07. The number of benzene rings is 1. The molecule has 0 saturated heterocycles. The number of nitro groups is 1. The summed E-state index contributed by atoms with van der Waals surface area (Å²) in [7, 11) is 0.